The van der Waals surface area contributed by atoms with E-state index in [0.717, 1.165) is 25.0 Å². The molecule has 182 valence electrons. The minimum atomic E-state index is -3.51. The van der Waals surface area contributed by atoms with Crippen LogP contribution < -0.4 is 9.47 Å². The summed E-state index contributed by atoms with van der Waals surface area (Å²) in [6.45, 7) is 0.237. The van der Waals surface area contributed by atoms with Crippen molar-refractivity contribution in [3.8, 4) is 11.5 Å². The zero-order chi connectivity index (χ0) is 23.1. The van der Waals surface area contributed by atoms with Crippen LogP contribution in [0.15, 0.2) is 18.2 Å². The lowest BCUT2D eigenvalue weighted by Gasteiger charge is -2.39. The number of hydrogen-bond acceptors (Lipinski definition) is 4. The van der Waals surface area contributed by atoms with Crippen LogP contribution in [0.3, 0.4) is 0 Å². The standard InChI is InChI=1S/C23H31F5O4/c1-2-3-4-5-15-13-29-21(30-14-15)16-6-8-17(9-7-16)23(27,28)32-18-10-11-20(19(24)12-18)31-22(25)26/h10-12,15-17,21-22H,2-9,13-14H2,1H3. The third-order valence-electron chi connectivity index (χ3n) is 6.21. The van der Waals surface area contributed by atoms with E-state index in [2.05, 4.69) is 11.7 Å². The predicted octanol–water partition coefficient (Wildman–Crippen LogP) is 6.77. The number of ether oxygens (including phenoxy) is 4. The normalized spacial score (nSPS) is 26.8. The van der Waals surface area contributed by atoms with Gasteiger partial charge in [-0.1, -0.05) is 26.2 Å². The quantitative estimate of drug-likeness (QED) is 0.282. The Hall–Kier alpha value is -1.61. The Balaban J connectivity index is 1.45. The molecule has 0 bridgehead atoms. The molecule has 1 heterocycles. The second kappa shape index (κ2) is 11.5. The van der Waals surface area contributed by atoms with Crippen LogP contribution in [0.1, 0.15) is 58.3 Å². The Bertz CT molecular complexity index is 702. The summed E-state index contributed by atoms with van der Waals surface area (Å²) < 4.78 is 88.0. The van der Waals surface area contributed by atoms with E-state index in [-0.39, 0.29) is 25.0 Å². The summed E-state index contributed by atoms with van der Waals surface area (Å²) in [7, 11) is 0. The minimum absolute atomic E-state index is 0.0573. The Labute approximate surface area is 185 Å². The SMILES string of the molecule is CCCCCC1COC(C2CCC(C(F)(F)Oc3ccc(OC(F)F)c(F)c3)CC2)OC1. The van der Waals surface area contributed by atoms with E-state index in [1.807, 2.05) is 0 Å². The highest BCUT2D eigenvalue weighted by atomic mass is 19.3. The van der Waals surface area contributed by atoms with Gasteiger partial charge in [-0.05, 0) is 44.2 Å². The van der Waals surface area contributed by atoms with E-state index in [9.17, 15) is 22.0 Å². The third-order valence-corrected chi connectivity index (χ3v) is 6.21. The van der Waals surface area contributed by atoms with Crippen LogP contribution in [0.4, 0.5) is 22.0 Å². The van der Waals surface area contributed by atoms with Crippen molar-refractivity contribution in [3.63, 3.8) is 0 Å². The highest BCUT2D eigenvalue weighted by Crippen LogP contribution is 2.42. The summed E-state index contributed by atoms with van der Waals surface area (Å²) in [5, 5.41) is 0. The molecule has 1 aliphatic heterocycles. The second-order valence-electron chi connectivity index (χ2n) is 8.64. The molecule has 3 rings (SSSR count). The number of alkyl halides is 4. The van der Waals surface area contributed by atoms with Gasteiger partial charge in [0.2, 0.25) is 0 Å². The van der Waals surface area contributed by atoms with Gasteiger partial charge in [-0.15, -0.1) is 0 Å². The summed E-state index contributed by atoms with van der Waals surface area (Å²) in [6, 6.07) is 2.45. The molecule has 0 N–H and O–H groups in total. The summed E-state index contributed by atoms with van der Waals surface area (Å²) >= 11 is 0. The molecule has 1 aromatic carbocycles. The first-order valence-electron chi connectivity index (χ1n) is 11.3. The fourth-order valence-corrected chi connectivity index (χ4v) is 4.38. The number of unbranched alkanes of at least 4 members (excludes halogenated alkanes) is 2. The molecular formula is C23H31F5O4. The molecular weight excluding hydrogens is 435 g/mol. The fraction of sp³-hybridized carbons (Fsp3) is 0.739. The summed E-state index contributed by atoms with van der Waals surface area (Å²) in [6.07, 6.45) is 2.20. The van der Waals surface area contributed by atoms with Crippen molar-refractivity contribution in [2.75, 3.05) is 13.2 Å². The summed E-state index contributed by atoms with van der Waals surface area (Å²) in [4.78, 5) is 0. The maximum Gasteiger partial charge on any atom is 0.400 e. The molecule has 0 aromatic heterocycles. The monoisotopic (exact) mass is 466 g/mol. The molecule has 0 amide bonds. The first kappa shape index (κ1) is 25.0. The summed E-state index contributed by atoms with van der Waals surface area (Å²) in [5.74, 6) is -2.95. The Morgan fingerprint density at radius 2 is 1.75 bits per heavy atom. The first-order chi connectivity index (χ1) is 15.3. The zero-order valence-electron chi connectivity index (χ0n) is 18.2. The zero-order valence-corrected chi connectivity index (χ0v) is 18.2. The second-order valence-corrected chi connectivity index (χ2v) is 8.64. The van der Waals surface area contributed by atoms with Gasteiger partial charge in [0.05, 0.1) is 19.1 Å². The maximum atomic E-state index is 14.6. The lowest BCUT2D eigenvalue weighted by molar-refractivity contribution is -0.248. The van der Waals surface area contributed by atoms with Crippen molar-refractivity contribution in [1.29, 1.82) is 0 Å². The van der Waals surface area contributed by atoms with E-state index in [0.29, 0.717) is 38.0 Å². The molecule has 4 nitrogen and oxygen atoms in total. The van der Waals surface area contributed by atoms with Crippen LogP contribution in [0.25, 0.3) is 0 Å². The Morgan fingerprint density at radius 3 is 2.34 bits per heavy atom. The van der Waals surface area contributed by atoms with E-state index < -0.39 is 36.0 Å². The highest BCUT2D eigenvalue weighted by Gasteiger charge is 2.45. The third kappa shape index (κ3) is 6.94. The average Bonchev–Trinajstić information content (AvgIpc) is 2.76. The number of halogens is 5. The van der Waals surface area contributed by atoms with Crippen LogP contribution in [0, 0.1) is 23.6 Å². The van der Waals surface area contributed by atoms with Crippen LogP contribution in [0.5, 0.6) is 11.5 Å². The van der Waals surface area contributed by atoms with E-state index in [4.69, 9.17) is 14.2 Å². The van der Waals surface area contributed by atoms with Crippen molar-refractivity contribution in [1.82, 2.24) is 0 Å². The molecule has 0 spiro atoms. The van der Waals surface area contributed by atoms with E-state index >= 15 is 0 Å². The van der Waals surface area contributed by atoms with Gasteiger partial charge in [-0.3, -0.25) is 0 Å². The lowest BCUT2D eigenvalue weighted by atomic mass is 9.80. The van der Waals surface area contributed by atoms with Crippen molar-refractivity contribution >= 4 is 0 Å². The van der Waals surface area contributed by atoms with Gasteiger partial charge in [-0.2, -0.15) is 17.6 Å². The minimum Gasteiger partial charge on any atom is -0.432 e. The molecule has 1 aliphatic carbocycles. The van der Waals surface area contributed by atoms with Crippen LogP contribution in [0.2, 0.25) is 0 Å². The van der Waals surface area contributed by atoms with Crippen LogP contribution in [-0.4, -0.2) is 32.2 Å². The van der Waals surface area contributed by atoms with Gasteiger partial charge in [-0.25, -0.2) is 4.39 Å². The van der Waals surface area contributed by atoms with Gasteiger partial charge in [0.15, 0.2) is 17.9 Å². The van der Waals surface area contributed by atoms with Crippen LogP contribution in [-0.2, 0) is 9.47 Å². The van der Waals surface area contributed by atoms with Crippen molar-refractivity contribution in [3.05, 3.63) is 24.0 Å². The van der Waals surface area contributed by atoms with Crippen molar-refractivity contribution in [2.45, 2.75) is 77.3 Å². The average molecular weight is 466 g/mol. The van der Waals surface area contributed by atoms with Crippen molar-refractivity contribution in [2.24, 2.45) is 17.8 Å². The largest absolute Gasteiger partial charge is 0.432 e. The predicted molar refractivity (Wildman–Crippen MR) is 107 cm³/mol. The van der Waals surface area contributed by atoms with E-state index in [1.165, 1.54) is 12.8 Å². The number of benzene rings is 1. The molecule has 1 saturated carbocycles. The molecule has 9 heteroatoms. The molecule has 0 atom stereocenters. The van der Waals surface area contributed by atoms with Crippen LogP contribution >= 0.6 is 0 Å². The number of rotatable bonds is 10. The van der Waals surface area contributed by atoms with Gasteiger partial charge in [0.25, 0.3) is 0 Å². The molecule has 1 aromatic rings. The fourth-order valence-electron chi connectivity index (χ4n) is 4.38. The van der Waals surface area contributed by atoms with E-state index in [1.54, 1.807) is 0 Å². The van der Waals surface area contributed by atoms with Crippen molar-refractivity contribution < 1.29 is 40.9 Å². The maximum absolute atomic E-state index is 14.6. The molecule has 1 saturated heterocycles. The smallest absolute Gasteiger partial charge is 0.400 e. The topological polar surface area (TPSA) is 36.9 Å². The molecule has 2 fully saturated rings. The van der Waals surface area contributed by atoms with Gasteiger partial charge in [0, 0.05) is 17.9 Å². The van der Waals surface area contributed by atoms with Gasteiger partial charge >= 0.3 is 12.7 Å². The van der Waals surface area contributed by atoms with Gasteiger partial charge in [0.1, 0.15) is 5.75 Å². The van der Waals surface area contributed by atoms with Gasteiger partial charge < -0.3 is 18.9 Å². The number of hydrogen-bond donors (Lipinski definition) is 0. The summed E-state index contributed by atoms with van der Waals surface area (Å²) in [5.41, 5.74) is 0. The Kier molecular flexibility index (Phi) is 8.99. The Morgan fingerprint density at radius 1 is 1.06 bits per heavy atom. The molecule has 0 radical (unpaired) electrons. The molecule has 32 heavy (non-hydrogen) atoms. The highest BCUT2D eigenvalue weighted by molar-refractivity contribution is 5.33. The first-order valence-corrected chi connectivity index (χ1v) is 11.3. The molecule has 0 unspecified atom stereocenters. The lowest BCUT2D eigenvalue weighted by Crippen LogP contribution is -2.42. The molecule has 2 aliphatic rings.